The summed E-state index contributed by atoms with van der Waals surface area (Å²) in [6.07, 6.45) is 0.125. The number of nitrogens with zero attached hydrogens (tertiary/aromatic N) is 1. The Hall–Kier alpha value is -3.06. The monoisotopic (exact) mass is 387 g/mol. The topological polar surface area (TPSA) is 89.0 Å². The summed E-state index contributed by atoms with van der Waals surface area (Å²) in [5.74, 6) is 0.437. The first kappa shape index (κ1) is 18.7. The number of guanidine groups is 1. The summed E-state index contributed by atoms with van der Waals surface area (Å²) in [6.45, 7) is 0. The third kappa shape index (κ3) is 4.20. The van der Waals surface area contributed by atoms with Crippen molar-refractivity contribution < 1.29 is 19.1 Å². The molecule has 2 N–H and O–H groups in total. The van der Waals surface area contributed by atoms with Gasteiger partial charge in [0.05, 0.1) is 26.7 Å². The highest BCUT2D eigenvalue weighted by atomic mass is 35.5. The molecule has 0 aromatic heterocycles. The molecule has 8 heteroatoms. The smallest absolute Gasteiger partial charge is 0.258 e. The molecule has 0 unspecified atom stereocenters. The summed E-state index contributed by atoms with van der Waals surface area (Å²) in [5, 5.41) is 5.62. The van der Waals surface area contributed by atoms with Gasteiger partial charge in [0, 0.05) is 16.1 Å². The van der Waals surface area contributed by atoms with Gasteiger partial charge in [-0.15, -0.1) is 0 Å². The van der Waals surface area contributed by atoms with E-state index in [0.29, 0.717) is 27.6 Å². The third-order valence-electron chi connectivity index (χ3n) is 4.03. The molecule has 0 spiro atoms. The molecule has 140 valence electrons. The zero-order valence-electron chi connectivity index (χ0n) is 14.8. The number of carbonyl (C=O) groups excluding carboxylic acids is 2. The molecule has 0 saturated heterocycles. The van der Waals surface area contributed by atoms with E-state index in [9.17, 15) is 9.59 Å². The summed E-state index contributed by atoms with van der Waals surface area (Å²) in [7, 11) is 3.06. The molecule has 27 heavy (non-hydrogen) atoms. The van der Waals surface area contributed by atoms with Crippen LogP contribution >= 0.6 is 11.6 Å². The van der Waals surface area contributed by atoms with Crippen LogP contribution in [-0.4, -0.2) is 32.0 Å². The number of benzene rings is 2. The van der Waals surface area contributed by atoms with Gasteiger partial charge in [-0.1, -0.05) is 29.8 Å². The highest BCUT2D eigenvalue weighted by Crippen LogP contribution is 2.38. The highest BCUT2D eigenvalue weighted by Gasteiger charge is 2.27. The van der Waals surface area contributed by atoms with Crippen LogP contribution in [0.15, 0.2) is 47.5 Å². The second-order valence-electron chi connectivity index (χ2n) is 5.79. The Morgan fingerprint density at radius 3 is 2.70 bits per heavy atom. The van der Waals surface area contributed by atoms with Gasteiger partial charge in [0.1, 0.15) is 0 Å². The van der Waals surface area contributed by atoms with Crippen LogP contribution in [0.2, 0.25) is 5.02 Å². The van der Waals surface area contributed by atoms with E-state index in [1.807, 2.05) is 6.07 Å². The number of rotatable bonds is 4. The maximum atomic E-state index is 12.4. The van der Waals surface area contributed by atoms with Crippen LogP contribution in [-0.2, 0) is 4.79 Å². The van der Waals surface area contributed by atoms with Gasteiger partial charge in [-0.05, 0) is 24.3 Å². The lowest BCUT2D eigenvalue weighted by Gasteiger charge is -2.23. The van der Waals surface area contributed by atoms with Crippen LogP contribution in [0, 0.1) is 0 Å². The minimum absolute atomic E-state index is 0.0751. The van der Waals surface area contributed by atoms with Crippen LogP contribution < -0.4 is 20.1 Å². The maximum Gasteiger partial charge on any atom is 0.258 e. The number of amides is 2. The minimum Gasteiger partial charge on any atom is -0.493 e. The van der Waals surface area contributed by atoms with E-state index >= 15 is 0 Å². The molecule has 0 bridgehead atoms. The van der Waals surface area contributed by atoms with Crippen LogP contribution in [0.1, 0.15) is 28.4 Å². The lowest BCUT2D eigenvalue weighted by atomic mass is 10.0. The number of halogens is 1. The normalized spacial score (nSPS) is 16.2. The quantitative estimate of drug-likeness (QED) is 0.844. The number of methoxy groups -OCH3 is 2. The molecule has 1 heterocycles. The van der Waals surface area contributed by atoms with Crippen LogP contribution in [0.3, 0.4) is 0 Å². The molecule has 0 fully saturated rings. The van der Waals surface area contributed by atoms with E-state index in [1.165, 1.54) is 20.3 Å². The third-order valence-corrected chi connectivity index (χ3v) is 4.27. The van der Waals surface area contributed by atoms with Crippen LogP contribution in [0.5, 0.6) is 11.5 Å². The van der Waals surface area contributed by atoms with Gasteiger partial charge in [0.2, 0.25) is 11.9 Å². The number of hydrogen-bond donors (Lipinski definition) is 2. The first-order valence-electron chi connectivity index (χ1n) is 8.17. The fraction of sp³-hybridized carbons (Fsp3) is 0.211. The Balaban J connectivity index is 1.88. The Kier molecular flexibility index (Phi) is 5.61. The molecule has 2 amide bonds. The lowest BCUT2D eigenvalue weighted by molar-refractivity contribution is -0.120. The van der Waals surface area contributed by atoms with Gasteiger partial charge < -0.3 is 9.47 Å². The highest BCUT2D eigenvalue weighted by molar-refractivity contribution is 6.31. The molecule has 1 atom stereocenters. The Morgan fingerprint density at radius 2 is 2.00 bits per heavy atom. The van der Waals surface area contributed by atoms with Gasteiger partial charge in [-0.25, -0.2) is 4.99 Å². The van der Waals surface area contributed by atoms with Crippen molar-refractivity contribution in [2.45, 2.75) is 12.5 Å². The Morgan fingerprint density at radius 1 is 1.22 bits per heavy atom. The Bertz CT molecular complexity index is 914. The Labute approximate surface area is 161 Å². The van der Waals surface area contributed by atoms with Crippen molar-refractivity contribution in [1.29, 1.82) is 0 Å². The van der Waals surface area contributed by atoms with Gasteiger partial charge in [0.25, 0.3) is 5.91 Å². The van der Waals surface area contributed by atoms with Gasteiger partial charge in [-0.3, -0.25) is 20.2 Å². The summed E-state index contributed by atoms with van der Waals surface area (Å²) in [4.78, 5) is 29.0. The standard InChI is InChI=1S/C19H18ClN3O4/c1-26-15-8-4-7-13(17(15)27-2)14-10-16(24)22-19(21-14)23-18(25)11-5-3-6-12(20)9-11/h3-9,14H,10H2,1-2H3,(H2,21,22,23,24,25)/t14-/m1/s1. The zero-order valence-corrected chi connectivity index (χ0v) is 15.5. The molecule has 7 nitrogen and oxygen atoms in total. The molecular formula is C19H18ClN3O4. The van der Waals surface area contributed by atoms with Crippen LogP contribution in [0.25, 0.3) is 0 Å². The molecule has 0 saturated carbocycles. The zero-order chi connectivity index (χ0) is 19.4. The fourth-order valence-corrected chi connectivity index (χ4v) is 3.01. The van der Waals surface area contributed by atoms with Crippen molar-refractivity contribution in [2.75, 3.05) is 14.2 Å². The SMILES string of the molecule is COc1cccc([C@H]2CC(=O)NC(NC(=O)c3cccc(Cl)c3)=N2)c1OC. The number of hydrogen-bond acceptors (Lipinski definition) is 5. The van der Waals surface area contributed by atoms with E-state index in [2.05, 4.69) is 15.6 Å². The summed E-state index contributed by atoms with van der Waals surface area (Å²) in [6, 6.07) is 11.3. The molecule has 1 aliphatic rings. The second-order valence-corrected chi connectivity index (χ2v) is 6.23. The van der Waals surface area contributed by atoms with Gasteiger partial charge in [-0.2, -0.15) is 0 Å². The van der Waals surface area contributed by atoms with Gasteiger partial charge in [0.15, 0.2) is 11.5 Å². The fourth-order valence-electron chi connectivity index (χ4n) is 2.82. The average molecular weight is 388 g/mol. The summed E-state index contributed by atoms with van der Waals surface area (Å²) < 4.78 is 10.7. The predicted molar refractivity (Wildman–Crippen MR) is 101 cm³/mol. The molecule has 2 aromatic rings. The second kappa shape index (κ2) is 8.09. The summed E-state index contributed by atoms with van der Waals surface area (Å²) in [5.41, 5.74) is 1.06. The van der Waals surface area contributed by atoms with Crippen molar-refractivity contribution in [3.63, 3.8) is 0 Å². The number of ether oxygens (including phenoxy) is 2. The van der Waals surface area contributed by atoms with E-state index in [-0.39, 0.29) is 18.3 Å². The molecule has 2 aromatic carbocycles. The summed E-state index contributed by atoms with van der Waals surface area (Å²) >= 11 is 5.91. The first-order chi connectivity index (χ1) is 13.0. The number of nitrogens with one attached hydrogen (secondary N) is 2. The predicted octanol–water partition coefficient (Wildman–Crippen LogP) is 2.70. The molecule has 3 rings (SSSR count). The largest absolute Gasteiger partial charge is 0.493 e. The molecule has 0 radical (unpaired) electrons. The van der Waals surface area contributed by atoms with Crippen molar-refractivity contribution in [3.05, 3.63) is 58.6 Å². The number of carbonyl (C=O) groups is 2. The molecular weight excluding hydrogens is 370 g/mol. The van der Waals surface area contributed by atoms with Crippen molar-refractivity contribution in [2.24, 2.45) is 4.99 Å². The van der Waals surface area contributed by atoms with E-state index in [0.717, 1.165) is 0 Å². The van der Waals surface area contributed by atoms with Crippen molar-refractivity contribution >= 4 is 29.4 Å². The van der Waals surface area contributed by atoms with E-state index in [4.69, 9.17) is 21.1 Å². The van der Waals surface area contributed by atoms with Crippen LogP contribution in [0.4, 0.5) is 0 Å². The first-order valence-corrected chi connectivity index (χ1v) is 8.55. The van der Waals surface area contributed by atoms with E-state index in [1.54, 1.807) is 30.3 Å². The lowest BCUT2D eigenvalue weighted by Crippen LogP contribution is -2.47. The van der Waals surface area contributed by atoms with E-state index < -0.39 is 11.9 Å². The van der Waals surface area contributed by atoms with Crippen molar-refractivity contribution in [3.8, 4) is 11.5 Å². The van der Waals surface area contributed by atoms with Gasteiger partial charge >= 0.3 is 0 Å². The average Bonchev–Trinajstić information content (AvgIpc) is 2.66. The molecule has 1 aliphatic heterocycles. The number of aliphatic imine (C=N–C) groups is 1. The maximum absolute atomic E-state index is 12.4. The number of para-hydroxylation sites is 1. The molecule has 0 aliphatic carbocycles. The van der Waals surface area contributed by atoms with Crippen molar-refractivity contribution in [1.82, 2.24) is 10.6 Å². The minimum atomic E-state index is -0.515.